The van der Waals surface area contributed by atoms with Crippen molar-refractivity contribution in [2.45, 2.75) is 29.9 Å². The molecule has 0 amide bonds. The third kappa shape index (κ3) is 4.99. The summed E-state index contributed by atoms with van der Waals surface area (Å²) in [4.78, 5) is 1.31. The molecule has 0 saturated carbocycles. The summed E-state index contributed by atoms with van der Waals surface area (Å²) >= 11 is 1.87. The van der Waals surface area contributed by atoms with Crippen molar-refractivity contribution < 1.29 is 4.74 Å². The number of thioether (sulfide) groups is 1. The maximum absolute atomic E-state index is 8.10. The van der Waals surface area contributed by atoms with Gasteiger partial charge in [-0.15, -0.1) is 11.8 Å². The molecule has 0 spiro atoms. The van der Waals surface area contributed by atoms with E-state index < -0.39 is 0 Å². The molecular weight excluding hydrogens is 244 g/mol. The van der Waals surface area contributed by atoms with Gasteiger partial charge in [-0.3, -0.25) is 0 Å². The van der Waals surface area contributed by atoms with Gasteiger partial charge in [0.25, 0.3) is 0 Å². The van der Waals surface area contributed by atoms with E-state index in [2.05, 4.69) is 29.6 Å². The third-order valence-corrected chi connectivity index (χ3v) is 3.66. The molecule has 2 aliphatic rings. The lowest BCUT2D eigenvalue weighted by atomic mass is 10.2. The second kappa shape index (κ2) is 8.84. The van der Waals surface area contributed by atoms with Crippen LogP contribution in [0.3, 0.4) is 0 Å². The number of benzene rings is 1. The quantitative estimate of drug-likeness (QED) is 0.830. The minimum atomic E-state index is 0.696. The molecule has 1 N–H and O–H groups in total. The molecule has 0 aliphatic carbocycles. The van der Waals surface area contributed by atoms with Gasteiger partial charge in [-0.2, -0.15) is 5.26 Å². The van der Waals surface area contributed by atoms with Crippen LogP contribution >= 0.6 is 11.8 Å². The van der Waals surface area contributed by atoms with Crippen molar-refractivity contribution in [1.82, 2.24) is 5.32 Å². The molecule has 1 aromatic carbocycles. The van der Waals surface area contributed by atoms with Crippen LogP contribution in [0.15, 0.2) is 23.1 Å². The number of nitriles is 1. The van der Waals surface area contributed by atoms with Gasteiger partial charge >= 0.3 is 0 Å². The molecule has 3 rings (SSSR count). The average molecular weight is 264 g/mol. The SMILES string of the molecule is CNCCCCC#N.COc1cc2ccc1CS2. The summed E-state index contributed by atoms with van der Waals surface area (Å²) in [6.45, 7) is 1.03. The zero-order chi connectivity index (χ0) is 13.2. The molecule has 4 heteroatoms. The summed E-state index contributed by atoms with van der Waals surface area (Å²) in [5.41, 5.74) is 1.31. The Morgan fingerprint density at radius 2 is 2.28 bits per heavy atom. The van der Waals surface area contributed by atoms with Crippen LogP contribution in [-0.4, -0.2) is 20.7 Å². The van der Waals surface area contributed by atoms with Crippen LogP contribution in [0.4, 0.5) is 0 Å². The molecule has 2 bridgehead atoms. The lowest BCUT2D eigenvalue weighted by molar-refractivity contribution is 0.409. The van der Waals surface area contributed by atoms with Gasteiger partial charge in [0.1, 0.15) is 5.75 Å². The third-order valence-electron chi connectivity index (χ3n) is 2.62. The summed E-state index contributed by atoms with van der Waals surface area (Å²) in [6, 6.07) is 8.45. The summed E-state index contributed by atoms with van der Waals surface area (Å²) in [5.74, 6) is 2.11. The van der Waals surface area contributed by atoms with Crippen LogP contribution in [0, 0.1) is 11.3 Å². The topological polar surface area (TPSA) is 45.0 Å². The predicted molar refractivity (Wildman–Crippen MR) is 75.9 cm³/mol. The number of methoxy groups -OCH3 is 1. The zero-order valence-electron chi connectivity index (χ0n) is 11.0. The van der Waals surface area contributed by atoms with E-state index in [4.69, 9.17) is 10.00 Å². The summed E-state index contributed by atoms with van der Waals surface area (Å²) in [5, 5.41) is 11.1. The van der Waals surface area contributed by atoms with Crippen molar-refractivity contribution in [3.05, 3.63) is 23.8 Å². The van der Waals surface area contributed by atoms with E-state index in [1.165, 1.54) is 10.5 Å². The van der Waals surface area contributed by atoms with Crippen LogP contribution in [0.2, 0.25) is 0 Å². The Hall–Kier alpha value is -1.18. The molecule has 0 aromatic heterocycles. The van der Waals surface area contributed by atoms with E-state index in [-0.39, 0.29) is 0 Å². The summed E-state index contributed by atoms with van der Waals surface area (Å²) in [7, 11) is 3.64. The number of hydrogen-bond donors (Lipinski definition) is 1. The number of fused-ring (bicyclic) bond motifs is 3. The van der Waals surface area contributed by atoms with Gasteiger partial charge in [-0.05, 0) is 38.6 Å². The molecule has 0 unspecified atom stereocenters. The highest BCUT2D eigenvalue weighted by Gasteiger charge is 2.10. The van der Waals surface area contributed by atoms with Gasteiger partial charge in [-0.25, -0.2) is 0 Å². The van der Waals surface area contributed by atoms with E-state index in [9.17, 15) is 0 Å². The number of hydrogen-bond acceptors (Lipinski definition) is 4. The molecule has 0 radical (unpaired) electrons. The fourth-order valence-corrected chi connectivity index (χ4v) is 2.52. The lowest BCUT2D eigenvalue weighted by Gasteiger charge is -2.15. The Kier molecular flexibility index (Phi) is 7.31. The molecule has 1 aromatic rings. The minimum Gasteiger partial charge on any atom is -0.496 e. The van der Waals surface area contributed by atoms with Crippen LogP contribution in [-0.2, 0) is 5.75 Å². The standard InChI is InChI=1S/C8H8OS.C6H12N2/c1-9-8-4-7-3-2-6(8)5-10-7;1-8-6-4-2-3-5-7/h2-4H,5H2,1H3;8H,2-4,6H2,1H3. The molecular formula is C14H20N2OS. The van der Waals surface area contributed by atoms with E-state index in [0.29, 0.717) is 6.42 Å². The Morgan fingerprint density at radius 1 is 1.44 bits per heavy atom. The van der Waals surface area contributed by atoms with Crippen LogP contribution in [0.25, 0.3) is 0 Å². The first-order valence-corrected chi connectivity index (χ1v) is 7.11. The van der Waals surface area contributed by atoms with E-state index in [0.717, 1.165) is 30.9 Å². The van der Waals surface area contributed by atoms with Crippen molar-refractivity contribution >= 4 is 11.8 Å². The number of rotatable bonds is 5. The maximum atomic E-state index is 8.10. The van der Waals surface area contributed by atoms with Crippen LogP contribution in [0.1, 0.15) is 24.8 Å². The smallest absolute Gasteiger partial charge is 0.124 e. The minimum absolute atomic E-state index is 0.696. The van der Waals surface area contributed by atoms with Crippen LogP contribution < -0.4 is 10.1 Å². The molecule has 18 heavy (non-hydrogen) atoms. The monoisotopic (exact) mass is 264 g/mol. The molecule has 3 nitrogen and oxygen atoms in total. The van der Waals surface area contributed by atoms with Gasteiger partial charge < -0.3 is 10.1 Å². The largest absolute Gasteiger partial charge is 0.496 e. The van der Waals surface area contributed by atoms with E-state index >= 15 is 0 Å². The Balaban J connectivity index is 0.000000187. The van der Waals surface area contributed by atoms with Crippen LogP contribution in [0.5, 0.6) is 5.75 Å². The number of ether oxygens (including phenoxy) is 1. The Labute approximate surface area is 114 Å². The summed E-state index contributed by atoms with van der Waals surface area (Å²) in [6.07, 6.45) is 2.84. The number of nitrogens with zero attached hydrogens (tertiary/aromatic N) is 1. The molecule has 98 valence electrons. The first kappa shape index (κ1) is 14.9. The van der Waals surface area contributed by atoms with Gasteiger partial charge in [0, 0.05) is 22.6 Å². The normalized spacial score (nSPS) is 11.4. The fourth-order valence-electron chi connectivity index (χ4n) is 1.60. The molecule has 0 fully saturated rings. The fraction of sp³-hybridized carbons (Fsp3) is 0.500. The van der Waals surface area contributed by atoms with Gasteiger partial charge in [-0.1, -0.05) is 6.07 Å². The van der Waals surface area contributed by atoms with Crippen molar-refractivity contribution in [2.24, 2.45) is 0 Å². The van der Waals surface area contributed by atoms with Gasteiger partial charge in [0.05, 0.1) is 13.2 Å². The van der Waals surface area contributed by atoms with Gasteiger partial charge in [0.2, 0.25) is 0 Å². The predicted octanol–water partition coefficient (Wildman–Crippen LogP) is 3.20. The highest BCUT2D eigenvalue weighted by molar-refractivity contribution is 7.98. The Morgan fingerprint density at radius 3 is 2.67 bits per heavy atom. The van der Waals surface area contributed by atoms with Crippen molar-refractivity contribution in [3.63, 3.8) is 0 Å². The van der Waals surface area contributed by atoms with Crippen molar-refractivity contribution in [1.29, 1.82) is 5.26 Å². The number of nitrogens with one attached hydrogen (secondary N) is 1. The summed E-state index contributed by atoms with van der Waals surface area (Å²) < 4.78 is 5.16. The van der Waals surface area contributed by atoms with Crippen molar-refractivity contribution in [2.75, 3.05) is 20.7 Å². The Bertz CT molecular complexity index is 401. The molecule has 0 saturated heterocycles. The van der Waals surface area contributed by atoms with Gasteiger partial charge in [0.15, 0.2) is 0 Å². The number of unbranched alkanes of at least 4 members (excludes halogenated alkanes) is 2. The zero-order valence-corrected chi connectivity index (χ0v) is 11.8. The maximum Gasteiger partial charge on any atom is 0.124 e. The molecule has 2 aliphatic heterocycles. The second-order valence-electron chi connectivity index (χ2n) is 3.98. The highest BCUT2D eigenvalue weighted by atomic mass is 32.2. The first-order valence-electron chi connectivity index (χ1n) is 6.13. The van der Waals surface area contributed by atoms with E-state index in [1.54, 1.807) is 7.11 Å². The average Bonchev–Trinajstić information content (AvgIpc) is 2.45. The lowest BCUT2D eigenvalue weighted by Crippen LogP contribution is -2.06. The first-order chi connectivity index (χ1) is 8.81. The second-order valence-corrected chi connectivity index (χ2v) is 5.03. The van der Waals surface area contributed by atoms with Crippen molar-refractivity contribution in [3.8, 4) is 11.8 Å². The van der Waals surface area contributed by atoms with E-state index in [1.807, 2.05) is 18.8 Å². The molecule has 2 heterocycles. The molecule has 0 atom stereocenters. The highest BCUT2D eigenvalue weighted by Crippen LogP contribution is 2.36.